The number of hydrogen-bond acceptors (Lipinski definition) is 6. The number of amides is 2. The molecular formula is C21H26N6OS. The molecule has 0 unspecified atom stereocenters. The predicted molar refractivity (Wildman–Crippen MR) is 120 cm³/mol. The van der Waals surface area contributed by atoms with E-state index in [0.29, 0.717) is 12.5 Å². The first-order chi connectivity index (χ1) is 14.2. The summed E-state index contributed by atoms with van der Waals surface area (Å²) in [5, 5.41) is 13.0. The van der Waals surface area contributed by atoms with Crippen molar-refractivity contribution in [2.24, 2.45) is 0 Å². The third-order valence-corrected chi connectivity index (χ3v) is 5.20. The smallest absolute Gasteiger partial charge is 0.319 e. The molecule has 8 heteroatoms. The third-order valence-electron chi connectivity index (χ3n) is 4.51. The first-order valence-electron chi connectivity index (χ1n) is 9.66. The standard InChI is InChI=1S/C21H26N6OS/c1-3-27(4-2)11-10-22-21(28)26-19-7-5-18(6-8-19)25-20-23-13-17(14-24-20)16-9-12-29-15-16/h5-9,12-15H,3-4,10-11H2,1-2H3,(H2,22,26,28)(H,23,24,25). The molecule has 0 radical (unpaired) electrons. The molecule has 0 spiro atoms. The Morgan fingerprint density at radius 3 is 2.31 bits per heavy atom. The van der Waals surface area contributed by atoms with Gasteiger partial charge in [-0.1, -0.05) is 13.8 Å². The Bertz CT molecular complexity index is 877. The van der Waals surface area contributed by atoms with E-state index in [1.54, 1.807) is 23.7 Å². The fourth-order valence-electron chi connectivity index (χ4n) is 2.78. The quantitative estimate of drug-likeness (QED) is 0.487. The fourth-order valence-corrected chi connectivity index (χ4v) is 3.44. The first-order valence-corrected chi connectivity index (χ1v) is 10.6. The summed E-state index contributed by atoms with van der Waals surface area (Å²) < 4.78 is 0. The van der Waals surface area contributed by atoms with Crippen molar-refractivity contribution in [3.05, 3.63) is 53.5 Å². The van der Waals surface area contributed by atoms with E-state index in [1.807, 2.05) is 35.7 Å². The van der Waals surface area contributed by atoms with Crippen molar-refractivity contribution in [2.75, 3.05) is 36.8 Å². The number of aromatic nitrogens is 2. The summed E-state index contributed by atoms with van der Waals surface area (Å²) in [6, 6.07) is 9.27. The van der Waals surface area contributed by atoms with Crippen molar-refractivity contribution in [1.29, 1.82) is 0 Å². The van der Waals surface area contributed by atoms with Crippen LogP contribution in [0.1, 0.15) is 13.8 Å². The first kappa shape index (κ1) is 20.8. The lowest BCUT2D eigenvalue weighted by Crippen LogP contribution is -2.36. The second-order valence-electron chi connectivity index (χ2n) is 6.42. The molecule has 7 nitrogen and oxygen atoms in total. The molecule has 1 aromatic carbocycles. The minimum atomic E-state index is -0.204. The predicted octanol–water partition coefficient (Wildman–Crippen LogP) is 4.41. The Morgan fingerprint density at radius 2 is 1.69 bits per heavy atom. The highest BCUT2D eigenvalue weighted by atomic mass is 32.1. The third kappa shape index (κ3) is 6.27. The van der Waals surface area contributed by atoms with Gasteiger partial charge in [0, 0.05) is 42.4 Å². The Labute approximate surface area is 175 Å². The molecule has 2 amide bonds. The zero-order chi connectivity index (χ0) is 20.5. The largest absolute Gasteiger partial charge is 0.337 e. The highest BCUT2D eigenvalue weighted by Gasteiger charge is 2.05. The van der Waals surface area contributed by atoms with Crippen LogP contribution in [0.4, 0.5) is 22.1 Å². The van der Waals surface area contributed by atoms with E-state index in [-0.39, 0.29) is 6.03 Å². The van der Waals surface area contributed by atoms with E-state index in [1.165, 1.54) is 0 Å². The molecule has 152 valence electrons. The average Bonchev–Trinajstić information content (AvgIpc) is 3.28. The van der Waals surface area contributed by atoms with Crippen LogP contribution < -0.4 is 16.0 Å². The molecule has 3 N–H and O–H groups in total. The summed E-state index contributed by atoms with van der Waals surface area (Å²) in [5.41, 5.74) is 3.68. The maximum atomic E-state index is 12.0. The van der Waals surface area contributed by atoms with Gasteiger partial charge in [0.2, 0.25) is 5.95 Å². The van der Waals surface area contributed by atoms with Gasteiger partial charge in [-0.2, -0.15) is 11.3 Å². The van der Waals surface area contributed by atoms with Crippen molar-refractivity contribution < 1.29 is 4.79 Å². The average molecular weight is 411 g/mol. The van der Waals surface area contributed by atoms with Gasteiger partial charge < -0.3 is 20.9 Å². The number of anilines is 3. The van der Waals surface area contributed by atoms with E-state index in [4.69, 9.17) is 0 Å². The normalized spacial score (nSPS) is 10.7. The summed E-state index contributed by atoms with van der Waals surface area (Å²) in [7, 11) is 0. The second kappa shape index (κ2) is 10.5. The molecule has 2 heterocycles. The van der Waals surface area contributed by atoms with Crippen LogP contribution >= 0.6 is 11.3 Å². The van der Waals surface area contributed by atoms with Gasteiger partial charge in [-0.05, 0) is 59.7 Å². The molecule has 2 aromatic heterocycles. The summed E-state index contributed by atoms with van der Waals surface area (Å²) in [5.74, 6) is 0.527. The minimum absolute atomic E-state index is 0.204. The number of thiophene rings is 1. The Hall–Kier alpha value is -2.97. The molecule has 0 atom stereocenters. The lowest BCUT2D eigenvalue weighted by atomic mass is 10.2. The van der Waals surface area contributed by atoms with E-state index >= 15 is 0 Å². The number of carbonyl (C=O) groups excluding carboxylic acids is 1. The van der Waals surface area contributed by atoms with Crippen LogP contribution in [-0.2, 0) is 0 Å². The molecule has 0 saturated heterocycles. The molecule has 0 saturated carbocycles. The Kier molecular flexibility index (Phi) is 7.54. The second-order valence-corrected chi connectivity index (χ2v) is 7.20. The fraction of sp³-hybridized carbons (Fsp3) is 0.286. The molecule has 0 fully saturated rings. The lowest BCUT2D eigenvalue weighted by Gasteiger charge is -2.18. The molecule has 0 aliphatic heterocycles. The molecule has 0 aliphatic rings. The zero-order valence-electron chi connectivity index (χ0n) is 16.7. The summed E-state index contributed by atoms with van der Waals surface area (Å²) in [6.07, 6.45) is 3.60. The van der Waals surface area contributed by atoms with E-state index < -0.39 is 0 Å². The topological polar surface area (TPSA) is 82.2 Å². The highest BCUT2D eigenvalue weighted by Crippen LogP contribution is 2.22. The van der Waals surface area contributed by atoms with Gasteiger partial charge in [0.05, 0.1) is 0 Å². The van der Waals surface area contributed by atoms with Gasteiger partial charge in [-0.3, -0.25) is 0 Å². The minimum Gasteiger partial charge on any atom is -0.337 e. The van der Waals surface area contributed by atoms with Crippen LogP contribution in [0, 0.1) is 0 Å². The monoisotopic (exact) mass is 410 g/mol. The number of nitrogens with one attached hydrogen (secondary N) is 3. The molecule has 29 heavy (non-hydrogen) atoms. The van der Waals surface area contributed by atoms with Gasteiger partial charge >= 0.3 is 6.03 Å². The van der Waals surface area contributed by atoms with Crippen molar-refractivity contribution in [3.63, 3.8) is 0 Å². The number of nitrogens with zero attached hydrogens (tertiary/aromatic N) is 3. The van der Waals surface area contributed by atoms with Crippen molar-refractivity contribution >= 4 is 34.7 Å². The maximum Gasteiger partial charge on any atom is 0.319 e. The van der Waals surface area contributed by atoms with Gasteiger partial charge in [-0.25, -0.2) is 14.8 Å². The van der Waals surface area contributed by atoms with Crippen LogP contribution in [0.25, 0.3) is 11.1 Å². The maximum absolute atomic E-state index is 12.0. The number of likely N-dealkylation sites (N-methyl/N-ethyl adjacent to an activating group) is 1. The van der Waals surface area contributed by atoms with E-state index in [0.717, 1.165) is 42.1 Å². The number of benzene rings is 1. The van der Waals surface area contributed by atoms with Gasteiger partial charge in [0.15, 0.2) is 0 Å². The van der Waals surface area contributed by atoms with Crippen LogP contribution in [-0.4, -0.2) is 47.1 Å². The van der Waals surface area contributed by atoms with Crippen molar-refractivity contribution in [3.8, 4) is 11.1 Å². The lowest BCUT2D eigenvalue weighted by molar-refractivity contribution is 0.248. The molecule has 0 aliphatic carbocycles. The number of urea groups is 1. The van der Waals surface area contributed by atoms with Crippen molar-refractivity contribution in [1.82, 2.24) is 20.2 Å². The Balaban J connectivity index is 1.48. The van der Waals surface area contributed by atoms with E-state index in [9.17, 15) is 4.79 Å². The number of carbonyl (C=O) groups is 1. The number of rotatable bonds is 9. The van der Waals surface area contributed by atoms with E-state index in [2.05, 4.69) is 50.0 Å². The SMILES string of the molecule is CCN(CC)CCNC(=O)Nc1ccc(Nc2ncc(-c3ccsc3)cn2)cc1. The molecule has 3 rings (SSSR count). The highest BCUT2D eigenvalue weighted by molar-refractivity contribution is 7.08. The summed E-state index contributed by atoms with van der Waals surface area (Å²) >= 11 is 1.65. The zero-order valence-corrected chi connectivity index (χ0v) is 17.5. The molecular weight excluding hydrogens is 384 g/mol. The van der Waals surface area contributed by atoms with Crippen LogP contribution in [0.15, 0.2) is 53.5 Å². The van der Waals surface area contributed by atoms with Crippen LogP contribution in [0.2, 0.25) is 0 Å². The van der Waals surface area contributed by atoms with Gasteiger partial charge in [-0.15, -0.1) is 0 Å². The summed E-state index contributed by atoms with van der Waals surface area (Å²) in [6.45, 7) is 7.65. The van der Waals surface area contributed by atoms with Gasteiger partial charge in [0.25, 0.3) is 0 Å². The van der Waals surface area contributed by atoms with Gasteiger partial charge in [0.1, 0.15) is 0 Å². The summed E-state index contributed by atoms with van der Waals surface area (Å²) in [4.78, 5) is 23.0. The van der Waals surface area contributed by atoms with Crippen molar-refractivity contribution in [2.45, 2.75) is 13.8 Å². The molecule has 0 bridgehead atoms. The van der Waals surface area contributed by atoms with Crippen LogP contribution in [0.3, 0.4) is 0 Å². The number of hydrogen-bond donors (Lipinski definition) is 3. The van der Waals surface area contributed by atoms with Crippen LogP contribution in [0.5, 0.6) is 0 Å². The molecule has 3 aromatic rings. The Morgan fingerprint density at radius 1 is 1.00 bits per heavy atom.